The van der Waals surface area contributed by atoms with E-state index < -0.39 is 0 Å². The Morgan fingerprint density at radius 2 is 2.00 bits per heavy atom. The molecule has 0 radical (unpaired) electrons. The van der Waals surface area contributed by atoms with E-state index in [0.29, 0.717) is 23.2 Å². The lowest BCUT2D eigenvalue weighted by molar-refractivity contribution is 0.215. The highest BCUT2D eigenvalue weighted by molar-refractivity contribution is 5.83. The minimum Gasteiger partial charge on any atom is -0.493 e. The van der Waals surface area contributed by atoms with Crippen molar-refractivity contribution in [3.8, 4) is 23.0 Å². The van der Waals surface area contributed by atoms with Gasteiger partial charge in [0.2, 0.25) is 0 Å². The molecule has 1 fully saturated rings. The Bertz CT molecular complexity index is 1170. The summed E-state index contributed by atoms with van der Waals surface area (Å²) in [6, 6.07) is 15.5. The van der Waals surface area contributed by atoms with Gasteiger partial charge in [0.05, 0.1) is 18.3 Å². The van der Waals surface area contributed by atoms with Gasteiger partial charge >= 0.3 is 0 Å². The summed E-state index contributed by atoms with van der Waals surface area (Å²) in [7, 11) is 0. The first kappa shape index (κ1) is 18.6. The molecule has 1 aliphatic rings. The van der Waals surface area contributed by atoms with Crippen LogP contribution in [-0.2, 0) is 0 Å². The van der Waals surface area contributed by atoms with Gasteiger partial charge in [-0.3, -0.25) is 0 Å². The van der Waals surface area contributed by atoms with Crippen LogP contribution in [0.5, 0.6) is 5.75 Å². The molecule has 3 heterocycles. The number of aromatic nitrogens is 4. The molecule has 0 atom stereocenters. The maximum atomic E-state index is 6.07. The molecule has 1 saturated heterocycles. The second kappa shape index (κ2) is 8.12. The number of nitrogens with zero attached hydrogens (tertiary/aromatic N) is 4. The zero-order chi connectivity index (χ0) is 20.3. The molecule has 2 aromatic heterocycles. The van der Waals surface area contributed by atoms with E-state index >= 15 is 0 Å². The number of benzene rings is 2. The molecule has 7 nitrogen and oxygen atoms in total. The molecule has 0 amide bonds. The molecular formula is C23H24N6O. The Hall–Kier alpha value is -3.45. The third kappa shape index (κ3) is 3.84. The molecule has 0 unspecified atom stereocenters. The van der Waals surface area contributed by atoms with Gasteiger partial charge in [0.1, 0.15) is 5.75 Å². The van der Waals surface area contributed by atoms with Gasteiger partial charge in [-0.15, -0.1) is 0 Å². The third-order valence-corrected chi connectivity index (χ3v) is 5.49. The summed E-state index contributed by atoms with van der Waals surface area (Å²) in [6.07, 6.45) is 5.87. The van der Waals surface area contributed by atoms with Crippen LogP contribution in [0, 0.1) is 5.92 Å². The van der Waals surface area contributed by atoms with Gasteiger partial charge in [0.15, 0.2) is 11.6 Å². The van der Waals surface area contributed by atoms with Crippen LogP contribution in [0.3, 0.4) is 0 Å². The number of hydrogen-bond acceptors (Lipinski definition) is 6. The second-order valence-electron chi connectivity index (χ2n) is 7.65. The number of rotatable bonds is 5. The molecule has 3 N–H and O–H groups in total. The molecule has 2 aromatic carbocycles. The van der Waals surface area contributed by atoms with Crippen molar-refractivity contribution in [2.45, 2.75) is 12.8 Å². The predicted molar refractivity (Wildman–Crippen MR) is 118 cm³/mol. The lowest BCUT2D eigenvalue weighted by atomic mass is 9.99. The summed E-state index contributed by atoms with van der Waals surface area (Å²) in [6.45, 7) is 2.89. The van der Waals surface area contributed by atoms with Gasteiger partial charge in [-0.2, -0.15) is 5.10 Å². The lowest BCUT2D eigenvalue weighted by Gasteiger charge is -2.22. The lowest BCUT2D eigenvalue weighted by Crippen LogP contribution is -2.30. The van der Waals surface area contributed by atoms with Crippen molar-refractivity contribution in [2.24, 2.45) is 5.92 Å². The second-order valence-corrected chi connectivity index (χ2v) is 7.65. The smallest absolute Gasteiger partial charge is 0.161 e. The molecule has 0 aliphatic carbocycles. The molecular weight excluding hydrogens is 376 g/mol. The summed E-state index contributed by atoms with van der Waals surface area (Å²) in [4.78, 5) is 9.21. The van der Waals surface area contributed by atoms with E-state index in [2.05, 4.69) is 15.4 Å². The van der Waals surface area contributed by atoms with Crippen LogP contribution in [0.2, 0.25) is 0 Å². The highest BCUT2D eigenvalue weighted by atomic mass is 16.5. The molecule has 0 bridgehead atoms. The van der Waals surface area contributed by atoms with E-state index in [1.54, 1.807) is 17.1 Å². The van der Waals surface area contributed by atoms with Crippen molar-refractivity contribution in [3.63, 3.8) is 0 Å². The van der Waals surface area contributed by atoms with Gasteiger partial charge in [0, 0.05) is 28.9 Å². The fraction of sp³-hybridized carbons (Fsp3) is 0.261. The standard InChI is InChI=1S/C23H24N6O/c24-19-4-5-21-18(12-19)14-27-29(21)22-8-11-26-23(28-22)17-2-1-3-20(13-17)30-15-16-6-9-25-10-7-16/h1-5,8,11-14,16,25H,6-7,9-10,15,24H2. The van der Waals surface area contributed by atoms with Crippen LogP contribution in [0.1, 0.15) is 12.8 Å². The summed E-state index contributed by atoms with van der Waals surface area (Å²) < 4.78 is 7.87. The molecule has 1 aliphatic heterocycles. The number of ether oxygens (including phenoxy) is 1. The highest BCUT2D eigenvalue weighted by Crippen LogP contribution is 2.24. The molecule has 30 heavy (non-hydrogen) atoms. The number of nitrogens with one attached hydrogen (secondary N) is 1. The zero-order valence-electron chi connectivity index (χ0n) is 16.7. The Morgan fingerprint density at radius 1 is 1.10 bits per heavy atom. The summed E-state index contributed by atoms with van der Waals surface area (Å²) in [5.41, 5.74) is 8.46. The minimum absolute atomic E-state index is 0.608. The van der Waals surface area contributed by atoms with Crippen molar-refractivity contribution in [1.82, 2.24) is 25.1 Å². The molecule has 0 saturated carbocycles. The number of anilines is 1. The van der Waals surface area contributed by atoms with Crippen molar-refractivity contribution >= 4 is 16.6 Å². The van der Waals surface area contributed by atoms with Crippen molar-refractivity contribution < 1.29 is 4.74 Å². The van der Waals surface area contributed by atoms with Crippen LogP contribution >= 0.6 is 0 Å². The van der Waals surface area contributed by atoms with E-state index in [1.807, 2.05) is 48.5 Å². The van der Waals surface area contributed by atoms with Crippen LogP contribution in [0.25, 0.3) is 28.1 Å². The van der Waals surface area contributed by atoms with Gasteiger partial charge in [-0.05, 0) is 62.2 Å². The largest absolute Gasteiger partial charge is 0.493 e. The summed E-state index contributed by atoms with van der Waals surface area (Å²) in [5.74, 6) is 2.80. The first-order chi connectivity index (χ1) is 14.8. The van der Waals surface area contributed by atoms with Crippen LogP contribution in [-0.4, -0.2) is 39.4 Å². The number of nitrogen functional groups attached to an aromatic ring is 1. The van der Waals surface area contributed by atoms with Crippen molar-refractivity contribution in [3.05, 3.63) is 60.9 Å². The normalized spacial score (nSPS) is 14.8. The van der Waals surface area contributed by atoms with E-state index in [9.17, 15) is 0 Å². The quantitative estimate of drug-likeness (QED) is 0.499. The monoisotopic (exact) mass is 400 g/mol. The SMILES string of the molecule is Nc1ccc2c(cnn2-c2ccnc(-c3cccc(OCC4CCNCC4)c3)n2)c1. The maximum absolute atomic E-state index is 6.07. The Kier molecular flexibility index (Phi) is 5.03. The van der Waals surface area contributed by atoms with Crippen LogP contribution < -0.4 is 15.8 Å². The third-order valence-electron chi connectivity index (χ3n) is 5.49. The molecule has 4 aromatic rings. The van der Waals surface area contributed by atoms with Gasteiger partial charge < -0.3 is 15.8 Å². The number of fused-ring (bicyclic) bond motifs is 1. The first-order valence-corrected chi connectivity index (χ1v) is 10.3. The number of piperidine rings is 1. The molecule has 152 valence electrons. The van der Waals surface area contributed by atoms with Gasteiger partial charge in [0.25, 0.3) is 0 Å². The fourth-order valence-electron chi connectivity index (χ4n) is 3.83. The van der Waals surface area contributed by atoms with E-state index in [1.165, 1.54) is 0 Å². The summed E-state index contributed by atoms with van der Waals surface area (Å²) >= 11 is 0. The Labute approximate surface area is 174 Å². The Balaban J connectivity index is 1.39. The average molecular weight is 400 g/mol. The topological polar surface area (TPSA) is 90.9 Å². The zero-order valence-corrected chi connectivity index (χ0v) is 16.7. The Morgan fingerprint density at radius 3 is 2.90 bits per heavy atom. The molecule has 0 spiro atoms. The number of hydrogen-bond donors (Lipinski definition) is 2. The van der Waals surface area contributed by atoms with E-state index in [-0.39, 0.29) is 0 Å². The van der Waals surface area contributed by atoms with Crippen molar-refractivity contribution in [2.75, 3.05) is 25.4 Å². The molecule has 5 rings (SSSR count). The van der Waals surface area contributed by atoms with Crippen molar-refractivity contribution in [1.29, 1.82) is 0 Å². The van der Waals surface area contributed by atoms with Gasteiger partial charge in [-0.1, -0.05) is 12.1 Å². The van der Waals surface area contributed by atoms with Crippen LogP contribution in [0.4, 0.5) is 5.69 Å². The van der Waals surface area contributed by atoms with Crippen LogP contribution in [0.15, 0.2) is 60.9 Å². The molecule has 7 heteroatoms. The predicted octanol–water partition coefficient (Wildman–Crippen LogP) is 3.44. The fourth-order valence-corrected chi connectivity index (χ4v) is 3.83. The highest BCUT2D eigenvalue weighted by Gasteiger charge is 2.14. The van der Waals surface area contributed by atoms with E-state index in [0.717, 1.165) is 54.8 Å². The maximum Gasteiger partial charge on any atom is 0.161 e. The summed E-state index contributed by atoms with van der Waals surface area (Å²) in [5, 5.41) is 8.85. The first-order valence-electron chi connectivity index (χ1n) is 10.3. The number of nitrogens with two attached hydrogens (primary N) is 1. The van der Waals surface area contributed by atoms with E-state index in [4.69, 9.17) is 15.5 Å². The minimum atomic E-state index is 0.608. The average Bonchev–Trinajstić information content (AvgIpc) is 3.22. The van der Waals surface area contributed by atoms with Gasteiger partial charge in [-0.25, -0.2) is 14.6 Å².